The first kappa shape index (κ1) is 11.4. The highest BCUT2D eigenvalue weighted by Gasteiger charge is 2.43. The van der Waals surface area contributed by atoms with Crippen LogP contribution in [0.5, 0.6) is 0 Å². The quantitative estimate of drug-likeness (QED) is 0.761. The Bertz CT molecular complexity index is 233. The van der Waals surface area contributed by atoms with Gasteiger partial charge in [0.2, 0.25) is 0 Å². The van der Waals surface area contributed by atoms with E-state index in [9.17, 15) is 13.6 Å². The van der Waals surface area contributed by atoms with Crippen LogP contribution in [0.2, 0.25) is 0 Å². The molecule has 0 bridgehead atoms. The molecule has 2 atom stereocenters. The molecule has 0 saturated carbocycles. The molecule has 0 spiro atoms. The highest BCUT2D eigenvalue weighted by atomic mass is 19.3. The zero-order valence-electron chi connectivity index (χ0n) is 8.33. The standard InChI is InChI=1S/C9H15F2NO2/c1-6-3-7(2)12(4-6)5-9(10,11)8(13)14/h6-7H,3-5H2,1-2H3,(H,13,14). The van der Waals surface area contributed by atoms with Crippen molar-refractivity contribution in [1.82, 2.24) is 4.90 Å². The van der Waals surface area contributed by atoms with Crippen molar-refractivity contribution in [2.45, 2.75) is 32.2 Å². The average molecular weight is 207 g/mol. The van der Waals surface area contributed by atoms with Gasteiger partial charge >= 0.3 is 11.9 Å². The van der Waals surface area contributed by atoms with E-state index < -0.39 is 18.4 Å². The van der Waals surface area contributed by atoms with Crippen molar-refractivity contribution >= 4 is 5.97 Å². The molecule has 0 aromatic rings. The Morgan fingerprint density at radius 2 is 2.14 bits per heavy atom. The summed E-state index contributed by atoms with van der Waals surface area (Å²) in [5.74, 6) is -5.29. The lowest BCUT2D eigenvalue weighted by atomic mass is 10.1. The van der Waals surface area contributed by atoms with Crippen LogP contribution in [0.25, 0.3) is 0 Å². The SMILES string of the molecule is CC1CC(C)N(CC(F)(F)C(=O)O)C1. The van der Waals surface area contributed by atoms with Crippen LogP contribution in [0.1, 0.15) is 20.3 Å². The van der Waals surface area contributed by atoms with Crippen LogP contribution in [0.3, 0.4) is 0 Å². The van der Waals surface area contributed by atoms with Gasteiger partial charge in [-0.1, -0.05) is 6.92 Å². The number of rotatable bonds is 3. The lowest BCUT2D eigenvalue weighted by Crippen LogP contribution is -2.43. The predicted molar refractivity (Wildman–Crippen MR) is 47.4 cm³/mol. The number of nitrogens with zero attached hydrogens (tertiary/aromatic N) is 1. The summed E-state index contributed by atoms with van der Waals surface area (Å²) in [6.45, 7) is 3.72. The molecule has 82 valence electrons. The lowest BCUT2D eigenvalue weighted by Gasteiger charge is -2.24. The van der Waals surface area contributed by atoms with Gasteiger partial charge in [0, 0.05) is 12.6 Å². The highest BCUT2D eigenvalue weighted by Crippen LogP contribution is 2.26. The first-order valence-corrected chi connectivity index (χ1v) is 4.68. The Balaban J connectivity index is 2.56. The fourth-order valence-electron chi connectivity index (χ4n) is 1.93. The summed E-state index contributed by atoms with van der Waals surface area (Å²) >= 11 is 0. The zero-order chi connectivity index (χ0) is 10.9. The number of carbonyl (C=O) groups is 1. The van der Waals surface area contributed by atoms with E-state index in [1.54, 1.807) is 4.90 Å². The molecule has 2 unspecified atom stereocenters. The maximum Gasteiger partial charge on any atom is 0.375 e. The van der Waals surface area contributed by atoms with E-state index in [4.69, 9.17) is 5.11 Å². The molecule has 0 aliphatic carbocycles. The number of carboxylic acids is 1. The third-order valence-electron chi connectivity index (χ3n) is 2.63. The predicted octanol–water partition coefficient (Wildman–Crippen LogP) is 1.44. The molecule has 0 aromatic heterocycles. The van der Waals surface area contributed by atoms with Crippen LogP contribution >= 0.6 is 0 Å². The molecule has 14 heavy (non-hydrogen) atoms. The molecule has 0 aromatic carbocycles. The van der Waals surface area contributed by atoms with E-state index in [-0.39, 0.29) is 6.04 Å². The normalized spacial score (nSPS) is 29.4. The van der Waals surface area contributed by atoms with Gasteiger partial charge in [0.1, 0.15) is 0 Å². The molecular formula is C9H15F2NO2. The molecule has 3 nitrogen and oxygen atoms in total. The summed E-state index contributed by atoms with van der Waals surface area (Å²) in [5.41, 5.74) is 0. The topological polar surface area (TPSA) is 40.5 Å². The van der Waals surface area contributed by atoms with Gasteiger partial charge in [-0.15, -0.1) is 0 Å². The van der Waals surface area contributed by atoms with Gasteiger partial charge in [-0.25, -0.2) is 4.79 Å². The van der Waals surface area contributed by atoms with E-state index in [1.165, 1.54) is 0 Å². The number of halogens is 2. The number of alkyl halides is 2. The van der Waals surface area contributed by atoms with Crippen LogP contribution in [-0.2, 0) is 4.79 Å². The van der Waals surface area contributed by atoms with Gasteiger partial charge in [0.15, 0.2) is 0 Å². The largest absolute Gasteiger partial charge is 0.477 e. The molecule has 1 aliphatic heterocycles. The summed E-state index contributed by atoms with van der Waals surface area (Å²) in [5, 5.41) is 8.28. The van der Waals surface area contributed by atoms with Crippen molar-refractivity contribution in [3.63, 3.8) is 0 Å². The molecule has 1 heterocycles. The molecule has 0 amide bonds. The van der Waals surface area contributed by atoms with Gasteiger partial charge in [-0.05, 0) is 19.3 Å². The number of hydrogen-bond acceptors (Lipinski definition) is 2. The van der Waals surface area contributed by atoms with Crippen molar-refractivity contribution in [3.8, 4) is 0 Å². The number of likely N-dealkylation sites (tertiary alicyclic amines) is 1. The van der Waals surface area contributed by atoms with Crippen molar-refractivity contribution in [1.29, 1.82) is 0 Å². The molecule has 1 N–H and O–H groups in total. The van der Waals surface area contributed by atoms with Gasteiger partial charge in [-0.2, -0.15) is 8.78 Å². The van der Waals surface area contributed by atoms with Crippen molar-refractivity contribution in [3.05, 3.63) is 0 Å². The van der Waals surface area contributed by atoms with Crippen molar-refractivity contribution in [2.24, 2.45) is 5.92 Å². The maximum atomic E-state index is 12.9. The Kier molecular flexibility index (Phi) is 3.09. The van der Waals surface area contributed by atoms with Gasteiger partial charge in [0.25, 0.3) is 0 Å². The summed E-state index contributed by atoms with van der Waals surface area (Å²) in [6, 6.07) is 0.0511. The summed E-state index contributed by atoms with van der Waals surface area (Å²) < 4.78 is 25.7. The number of hydrogen-bond donors (Lipinski definition) is 1. The van der Waals surface area contributed by atoms with E-state index in [1.807, 2.05) is 13.8 Å². The van der Waals surface area contributed by atoms with Crippen molar-refractivity contribution < 1.29 is 18.7 Å². The molecule has 1 aliphatic rings. The first-order valence-electron chi connectivity index (χ1n) is 4.68. The van der Waals surface area contributed by atoms with Crippen LogP contribution in [0.15, 0.2) is 0 Å². The minimum atomic E-state index is -3.63. The van der Waals surface area contributed by atoms with E-state index >= 15 is 0 Å². The van der Waals surface area contributed by atoms with Crippen LogP contribution in [0.4, 0.5) is 8.78 Å². The van der Waals surface area contributed by atoms with Gasteiger partial charge in [0.05, 0.1) is 6.54 Å². The Labute approximate surface area is 81.7 Å². The minimum absolute atomic E-state index is 0.0511. The molecule has 0 radical (unpaired) electrons. The molecular weight excluding hydrogens is 192 g/mol. The Morgan fingerprint density at radius 1 is 1.57 bits per heavy atom. The van der Waals surface area contributed by atoms with Crippen molar-refractivity contribution in [2.75, 3.05) is 13.1 Å². The zero-order valence-corrected chi connectivity index (χ0v) is 8.33. The summed E-state index contributed by atoms with van der Waals surface area (Å²) in [7, 11) is 0. The van der Waals surface area contributed by atoms with E-state index in [0.717, 1.165) is 6.42 Å². The van der Waals surface area contributed by atoms with E-state index in [2.05, 4.69) is 0 Å². The lowest BCUT2D eigenvalue weighted by molar-refractivity contribution is -0.167. The highest BCUT2D eigenvalue weighted by molar-refractivity contribution is 5.75. The fourth-order valence-corrected chi connectivity index (χ4v) is 1.93. The smallest absolute Gasteiger partial charge is 0.375 e. The molecule has 1 saturated heterocycles. The van der Waals surface area contributed by atoms with E-state index in [0.29, 0.717) is 12.5 Å². The minimum Gasteiger partial charge on any atom is -0.477 e. The Morgan fingerprint density at radius 3 is 2.50 bits per heavy atom. The first-order chi connectivity index (χ1) is 6.33. The summed E-state index contributed by atoms with van der Waals surface area (Å²) in [6.07, 6.45) is 0.857. The van der Waals surface area contributed by atoms with Crippen LogP contribution in [0, 0.1) is 5.92 Å². The second-order valence-corrected chi connectivity index (χ2v) is 4.13. The van der Waals surface area contributed by atoms with Crippen LogP contribution < -0.4 is 0 Å². The summed E-state index contributed by atoms with van der Waals surface area (Å²) in [4.78, 5) is 11.8. The third kappa shape index (κ3) is 2.41. The van der Waals surface area contributed by atoms with Gasteiger partial charge in [-0.3, -0.25) is 4.90 Å². The van der Waals surface area contributed by atoms with Crippen LogP contribution in [-0.4, -0.2) is 41.0 Å². The molecule has 1 fully saturated rings. The number of aliphatic carboxylic acids is 1. The van der Waals surface area contributed by atoms with Gasteiger partial charge < -0.3 is 5.11 Å². The monoisotopic (exact) mass is 207 g/mol. The Hall–Kier alpha value is -0.710. The number of carboxylic acid groups (broad SMARTS) is 1. The second kappa shape index (κ2) is 3.81. The molecule has 5 heteroatoms. The average Bonchev–Trinajstić information content (AvgIpc) is 2.29. The third-order valence-corrected chi connectivity index (χ3v) is 2.63. The molecule has 1 rings (SSSR count). The second-order valence-electron chi connectivity index (χ2n) is 4.13. The fraction of sp³-hybridized carbons (Fsp3) is 0.889. The maximum absolute atomic E-state index is 12.9.